The summed E-state index contributed by atoms with van der Waals surface area (Å²) in [5.74, 6) is -41.5. The number of hydrogen-bond donors (Lipinski definition) is 4. The number of quaternary nitrogens is 1. The van der Waals surface area contributed by atoms with Gasteiger partial charge in [-0.25, -0.2) is 0 Å². The topological polar surface area (TPSA) is 184 Å². The number of carbonyl (C=O) groups is 2. The van der Waals surface area contributed by atoms with E-state index in [-0.39, 0.29) is 61.2 Å². The van der Waals surface area contributed by atoms with Gasteiger partial charge >= 0.3 is 59.8 Å². The Kier molecular flexibility index (Phi) is 27.2. The molecule has 4 N–H and O–H groups in total. The lowest BCUT2D eigenvalue weighted by molar-refractivity contribution is -0.870. The lowest BCUT2D eigenvalue weighted by Gasteiger charge is -2.33. The Morgan fingerprint density at radius 1 is 0.667 bits per heavy atom. The number of aliphatic hydroxyl groups excluding tert-OH is 2. The summed E-state index contributed by atoms with van der Waals surface area (Å²) in [4.78, 5) is 36.6. The summed E-state index contributed by atoms with van der Waals surface area (Å²) in [7, 11) is -0.0330. The van der Waals surface area contributed by atoms with Crippen LogP contribution in [0.3, 0.4) is 0 Å². The van der Waals surface area contributed by atoms with E-state index in [4.69, 9.17) is 14.6 Å². The van der Waals surface area contributed by atoms with Crippen molar-refractivity contribution in [3.8, 4) is 5.75 Å². The number of nitrogens with one attached hydrogen (secondary N) is 1. The zero-order valence-corrected chi connectivity index (χ0v) is 42.3. The molecule has 0 spiro atoms. The molecule has 3 atom stereocenters. The summed E-state index contributed by atoms with van der Waals surface area (Å²) in [5, 5.41) is 31.6. The Hall–Kier alpha value is -3.35. The van der Waals surface area contributed by atoms with Crippen LogP contribution in [0.1, 0.15) is 115 Å². The Morgan fingerprint density at radius 2 is 1.11 bits per heavy atom. The molecule has 442 valence electrons. The Labute approximate surface area is 420 Å². The maximum Gasteiger partial charge on any atom is 0.460 e. The average molecular weight is 1160 g/mol. The van der Waals surface area contributed by atoms with Crippen LogP contribution in [0, 0.1) is 0 Å². The number of ether oxygens (including phenoxy) is 2. The van der Waals surface area contributed by atoms with Crippen molar-refractivity contribution in [2.75, 3.05) is 54.1 Å². The summed E-state index contributed by atoms with van der Waals surface area (Å²) in [6, 6.07) is 4.76. The van der Waals surface area contributed by atoms with Crippen LogP contribution < -0.4 is 10.2 Å². The number of phosphoric acid groups is 1. The number of likely N-dealkylation sites (N-methyl/N-ethyl adjacent to an activating group) is 1. The molecule has 1 aromatic carbocycles. The molecule has 0 amide bonds. The monoisotopic (exact) mass is 1160 g/mol. The smallest absolute Gasteiger partial charge is 0.460 e. The summed E-state index contributed by atoms with van der Waals surface area (Å²) < 4.78 is 265. The van der Waals surface area contributed by atoms with E-state index in [2.05, 4.69) is 14.4 Å². The molecular weight excluding hydrogens is 1090 g/mol. The van der Waals surface area contributed by atoms with Crippen LogP contribution in [0.4, 0.5) is 79.0 Å². The van der Waals surface area contributed by atoms with Crippen LogP contribution in [0.25, 0.3) is 0 Å². The van der Waals surface area contributed by atoms with E-state index in [0.717, 1.165) is 0 Å². The molecular formula is C43H63F18N2O11P. The number of alkyl halides is 18. The van der Waals surface area contributed by atoms with E-state index in [9.17, 15) is 108 Å². The molecule has 0 aliphatic heterocycles. The number of rotatable bonds is 32. The second kappa shape index (κ2) is 28.5. The first kappa shape index (κ1) is 71.7. The quantitative estimate of drug-likeness (QED) is 0.0176. The van der Waals surface area contributed by atoms with E-state index in [1.807, 2.05) is 20.8 Å². The number of hydrogen-bond acceptors (Lipinski definition) is 12. The van der Waals surface area contributed by atoms with Crippen molar-refractivity contribution >= 4 is 19.8 Å². The predicted octanol–water partition coefficient (Wildman–Crippen LogP) is 10.6. The van der Waals surface area contributed by atoms with Crippen molar-refractivity contribution in [2.45, 2.75) is 170 Å². The van der Waals surface area contributed by atoms with E-state index in [1.54, 1.807) is 33.3 Å². The molecule has 0 saturated heterocycles. The van der Waals surface area contributed by atoms with Gasteiger partial charge in [-0.1, -0.05) is 31.7 Å². The van der Waals surface area contributed by atoms with Gasteiger partial charge in [-0.3, -0.25) is 14.2 Å². The fraction of sp³-hybridized carbons (Fsp3) is 0.814. The molecule has 1 aromatic rings. The largest absolute Gasteiger partial charge is 0.756 e. The van der Waals surface area contributed by atoms with Crippen LogP contribution in [0.2, 0.25) is 0 Å². The third-order valence-electron chi connectivity index (χ3n) is 10.3. The van der Waals surface area contributed by atoms with Gasteiger partial charge in [0.25, 0.3) is 7.82 Å². The first-order chi connectivity index (χ1) is 33.6. The molecule has 0 bridgehead atoms. The molecule has 0 aromatic heterocycles. The fourth-order valence-electron chi connectivity index (χ4n) is 5.79. The highest BCUT2D eigenvalue weighted by Gasteiger charge is 2.82. The van der Waals surface area contributed by atoms with Crippen LogP contribution in [0.5, 0.6) is 5.75 Å². The zero-order chi connectivity index (χ0) is 58.9. The minimum atomic E-state index is -7.05. The highest BCUT2D eigenvalue weighted by molar-refractivity contribution is 7.45. The van der Waals surface area contributed by atoms with Crippen LogP contribution >= 0.6 is 7.82 Å². The number of nitrogens with zero attached hydrogens (tertiary/aromatic N) is 1. The average Bonchev–Trinajstić information content (AvgIpc) is 3.24. The predicted molar refractivity (Wildman–Crippen MR) is 227 cm³/mol. The minimum absolute atomic E-state index is 0.0484. The molecule has 32 heteroatoms. The second-order valence-corrected chi connectivity index (χ2v) is 20.5. The number of phosphoric ester groups is 1. The molecule has 0 aliphatic rings. The van der Waals surface area contributed by atoms with Gasteiger partial charge in [0.2, 0.25) is 0 Å². The summed E-state index contributed by atoms with van der Waals surface area (Å²) in [5.41, 5.74) is 1.05. The van der Waals surface area contributed by atoms with Crippen molar-refractivity contribution in [1.82, 2.24) is 5.32 Å². The van der Waals surface area contributed by atoms with Crippen molar-refractivity contribution in [3.05, 3.63) is 29.3 Å². The molecule has 13 nitrogen and oxygen atoms in total. The van der Waals surface area contributed by atoms with E-state index in [0.29, 0.717) is 17.7 Å². The lowest BCUT2D eigenvalue weighted by atomic mass is 9.98. The second-order valence-electron chi connectivity index (χ2n) is 19.1. The maximum atomic E-state index is 13.7. The van der Waals surface area contributed by atoms with Gasteiger partial charge < -0.3 is 48.5 Å². The molecule has 0 fully saturated rings. The molecule has 1 rings (SSSR count). The summed E-state index contributed by atoms with van der Waals surface area (Å²) in [6.45, 7) is 4.08. The SMILES string of the molecule is CC(C)(C)NCC(O)c1ccc(O)c(CO)c1.C[N+](C)(C)CCOP(=O)([O-])OCC(COC(=O)CCCCCCC(F)(F)C(F)(F)C(F)(F)C(F)(F)F)OC(=O)CCCCCCC(F)(F)C(F)(F)C(F)(F)C(F)(F)F. The minimum Gasteiger partial charge on any atom is -0.756 e. The third kappa shape index (κ3) is 23.7. The number of halogens is 18. The maximum absolute atomic E-state index is 13.7. The molecule has 0 radical (unpaired) electrons. The summed E-state index contributed by atoms with van der Waals surface area (Å²) in [6.07, 6.45) is -25.6. The van der Waals surface area contributed by atoms with E-state index in [1.165, 1.54) is 6.07 Å². The summed E-state index contributed by atoms with van der Waals surface area (Å²) >= 11 is 0. The highest BCUT2D eigenvalue weighted by atomic mass is 31.2. The zero-order valence-electron chi connectivity index (χ0n) is 41.4. The number of unbranched alkanes of at least 4 members (excludes halogenated alkanes) is 6. The Morgan fingerprint density at radius 3 is 1.52 bits per heavy atom. The number of esters is 2. The van der Waals surface area contributed by atoms with E-state index < -0.39 is 144 Å². The van der Waals surface area contributed by atoms with Gasteiger partial charge in [0.15, 0.2) is 6.10 Å². The van der Waals surface area contributed by atoms with E-state index >= 15 is 0 Å². The normalized spacial score (nSPS) is 15.4. The van der Waals surface area contributed by atoms with Crippen molar-refractivity contribution in [1.29, 1.82) is 0 Å². The van der Waals surface area contributed by atoms with Gasteiger partial charge in [-0.15, -0.1) is 0 Å². The number of phenols is 1. The first-order valence-electron chi connectivity index (χ1n) is 22.6. The molecule has 3 unspecified atom stereocenters. The third-order valence-corrected chi connectivity index (χ3v) is 11.3. The van der Waals surface area contributed by atoms with Crippen LogP contribution in [-0.2, 0) is 39.3 Å². The van der Waals surface area contributed by atoms with Crippen molar-refractivity contribution < 1.29 is 136 Å². The Bertz CT molecular complexity index is 1950. The molecule has 0 saturated carbocycles. The number of benzene rings is 1. The molecule has 75 heavy (non-hydrogen) atoms. The fourth-order valence-corrected chi connectivity index (χ4v) is 6.52. The lowest BCUT2D eigenvalue weighted by Crippen LogP contribution is -2.60. The van der Waals surface area contributed by atoms with Crippen molar-refractivity contribution in [2.24, 2.45) is 0 Å². The van der Waals surface area contributed by atoms with Gasteiger partial charge in [-0.2, -0.15) is 79.0 Å². The highest BCUT2D eigenvalue weighted by Crippen LogP contribution is 2.56. The molecule has 0 aliphatic carbocycles. The number of aliphatic hydroxyl groups is 2. The standard InChI is InChI=1S/C30H42F18NO8P.C13H21NO3/c1-49(2,3)16-17-55-58(52,53)56-19-20(57-22(51)13-9-5-7-11-15-24(33,34)26(37,38)28(41,42)30(46,47)48)18-54-21(50)12-8-4-6-10-14-23(31,32)25(35,36)27(39,40)29(43,44)45;1-13(2,3)14-7-12(17)9-4-5-11(16)10(6-9)8-15/h20H,4-19H2,1-3H3;4-6,12,14-17H,7-8H2,1-3H3. The number of aromatic hydroxyl groups is 1. The van der Waals surface area contributed by atoms with Crippen molar-refractivity contribution in [3.63, 3.8) is 0 Å². The number of β-amino-alcohol motifs (C(OH)–C–C–N with tert-alkyl or cyclic N) is 1. The van der Waals surface area contributed by atoms with Crippen LogP contribution in [0.15, 0.2) is 18.2 Å². The Balaban J connectivity index is 0.00000270. The first-order valence-corrected chi connectivity index (χ1v) is 24.1. The van der Waals surface area contributed by atoms with Gasteiger partial charge in [0.1, 0.15) is 25.5 Å². The number of carbonyl (C=O) groups excluding carboxylic acids is 2. The van der Waals surface area contributed by atoms with Gasteiger partial charge in [0.05, 0.1) is 40.5 Å². The van der Waals surface area contributed by atoms with Crippen LogP contribution in [-0.4, -0.2) is 145 Å². The van der Waals surface area contributed by atoms with Gasteiger partial charge in [-0.05, 0) is 64.2 Å². The van der Waals surface area contributed by atoms with Gasteiger partial charge in [0, 0.05) is 43.3 Å². The molecule has 0 heterocycles.